The Balaban J connectivity index is 2.47. The summed E-state index contributed by atoms with van der Waals surface area (Å²) in [6, 6.07) is 3.74. The summed E-state index contributed by atoms with van der Waals surface area (Å²) in [6.07, 6.45) is 4.11. The van der Waals surface area contributed by atoms with Crippen molar-refractivity contribution >= 4 is 5.97 Å². The minimum atomic E-state index is -0.886. The zero-order chi connectivity index (χ0) is 13.1. The molecular weight excluding hydrogens is 230 g/mol. The maximum absolute atomic E-state index is 11.2. The molecular formula is C13H15N3O2. The maximum Gasteiger partial charge on any atom is 0.314 e. The van der Waals surface area contributed by atoms with Gasteiger partial charge in [-0.2, -0.15) is 0 Å². The van der Waals surface area contributed by atoms with Crippen molar-refractivity contribution in [1.82, 2.24) is 15.0 Å². The zero-order valence-corrected chi connectivity index (χ0v) is 10.3. The number of H-pyrrole nitrogens is 1. The standard InChI is InChI=1S/C13H15N3O2/c1-3-10(13(17)18)12-15-8(2)6-11(16-12)9-4-5-14-7-9/h4-7,10,14H,3H2,1-2H3,(H,17,18). The van der Waals surface area contributed by atoms with Gasteiger partial charge in [0.05, 0.1) is 5.69 Å². The molecule has 1 unspecified atom stereocenters. The summed E-state index contributed by atoms with van der Waals surface area (Å²) in [7, 11) is 0. The first-order valence-corrected chi connectivity index (χ1v) is 5.83. The predicted octanol–water partition coefficient (Wildman–Crippen LogP) is 2.36. The number of hydrogen-bond donors (Lipinski definition) is 2. The van der Waals surface area contributed by atoms with Crippen LogP contribution in [0.2, 0.25) is 0 Å². The third kappa shape index (κ3) is 2.40. The van der Waals surface area contributed by atoms with Gasteiger partial charge in [-0.15, -0.1) is 0 Å². The number of aromatic amines is 1. The third-order valence-corrected chi connectivity index (χ3v) is 2.78. The Morgan fingerprint density at radius 3 is 2.83 bits per heavy atom. The smallest absolute Gasteiger partial charge is 0.314 e. The average Bonchev–Trinajstić information content (AvgIpc) is 2.82. The number of carboxylic acid groups (broad SMARTS) is 1. The molecule has 0 saturated carbocycles. The molecule has 18 heavy (non-hydrogen) atoms. The molecule has 2 aromatic rings. The maximum atomic E-state index is 11.2. The molecule has 0 radical (unpaired) electrons. The van der Waals surface area contributed by atoms with Crippen LogP contribution in [-0.4, -0.2) is 26.0 Å². The lowest BCUT2D eigenvalue weighted by Gasteiger charge is -2.10. The number of rotatable bonds is 4. The lowest BCUT2D eigenvalue weighted by molar-refractivity contribution is -0.139. The van der Waals surface area contributed by atoms with Gasteiger partial charge in [0.25, 0.3) is 0 Å². The third-order valence-electron chi connectivity index (χ3n) is 2.78. The van der Waals surface area contributed by atoms with Crippen LogP contribution >= 0.6 is 0 Å². The Kier molecular flexibility index (Phi) is 3.41. The van der Waals surface area contributed by atoms with E-state index in [0.717, 1.165) is 17.0 Å². The van der Waals surface area contributed by atoms with E-state index in [1.165, 1.54) is 0 Å². The van der Waals surface area contributed by atoms with Gasteiger partial charge in [-0.3, -0.25) is 4.79 Å². The zero-order valence-electron chi connectivity index (χ0n) is 10.3. The molecule has 0 aliphatic rings. The van der Waals surface area contributed by atoms with Crippen LogP contribution in [0, 0.1) is 6.92 Å². The van der Waals surface area contributed by atoms with E-state index in [1.54, 1.807) is 6.20 Å². The first kappa shape index (κ1) is 12.3. The van der Waals surface area contributed by atoms with Crippen LogP contribution in [0.5, 0.6) is 0 Å². The second kappa shape index (κ2) is 5.00. The van der Waals surface area contributed by atoms with Crippen LogP contribution < -0.4 is 0 Å². The Morgan fingerprint density at radius 2 is 2.28 bits per heavy atom. The van der Waals surface area contributed by atoms with E-state index in [-0.39, 0.29) is 0 Å². The molecule has 0 bridgehead atoms. The van der Waals surface area contributed by atoms with E-state index in [1.807, 2.05) is 32.2 Å². The van der Waals surface area contributed by atoms with E-state index < -0.39 is 11.9 Å². The van der Waals surface area contributed by atoms with E-state index in [0.29, 0.717) is 12.2 Å². The number of nitrogens with zero attached hydrogens (tertiary/aromatic N) is 2. The molecule has 0 aliphatic carbocycles. The van der Waals surface area contributed by atoms with Gasteiger partial charge in [-0.05, 0) is 25.5 Å². The molecule has 0 aliphatic heterocycles. The highest BCUT2D eigenvalue weighted by molar-refractivity contribution is 5.75. The fourth-order valence-corrected chi connectivity index (χ4v) is 1.85. The van der Waals surface area contributed by atoms with Crippen molar-refractivity contribution in [3.8, 4) is 11.3 Å². The highest BCUT2D eigenvalue weighted by atomic mass is 16.4. The molecule has 0 fully saturated rings. The molecule has 5 heteroatoms. The summed E-state index contributed by atoms with van der Waals surface area (Å²) in [6.45, 7) is 3.66. The van der Waals surface area contributed by atoms with Gasteiger partial charge >= 0.3 is 5.97 Å². The Morgan fingerprint density at radius 1 is 1.50 bits per heavy atom. The normalized spacial score (nSPS) is 12.3. The van der Waals surface area contributed by atoms with Crippen LogP contribution in [-0.2, 0) is 4.79 Å². The molecule has 0 amide bonds. The molecule has 0 saturated heterocycles. The van der Waals surface area contributed by atoms with Crippen molar-refractivity contribution < 1.29 is 9.90 Å². The van der Waals surface area contributed by atoms with Crippen LogP contribution in [0.1, 0.15) is 30.8 Å². The van der Waals surface area contributed by atoms with Crippen LogP contribution in [0.3, 0.4) is 0 Å². The van der Waals surface area contributed by atoms with Gasteiger partial charge in [-0.25, -0.2) is 9.97 Å². The second-order valence-electron chi connectivity index (χ2n) is 4.15. The summed E-state index contributed by atoms with van der Waals surface area (Å²) in [5.74, 6) is -1.16. The predicted molar refractivity (Wildman–Crippen MR) is 67.2 cm³/mol. The molecule has 1 atom stereocenters. The Hall–Kier alpha value is -2.17. The van der Waals surface area contributed by atoms with E-state index in [4.69, 9.17) is 5.11 Å². The second-order valence-corrected chi connectivity index (χ2v) is 4.15. The summed E-state index contributed by atoms with van der Waals surface area (Å²) < 4.78 is 0. The molecule has 5 nitrogen and oxygen atoms in total. The largest absolute Gasteiger partial charge is 0.481 e. The number of carboxylic acids is 1. The molecule has 94 valence electrons. The van der Waals surface area contributed by atoms with E-state index >= 15 is 0 Å². The van der Waals surface area contributed by atoms with Gasteiger partial charge in [0, 0.05) is 23.7 Å². The van der Waals surface area contributed by atoms with Crippen molar-refractivity contribution in [2.24, 2.45) is 0 Å². The van der Waals surface area contributed by atoms with Gasteiger partial charge in [0.2, 0.25) is 0 Å². The van der Waals surface area contributed by atoms with Gasteiger partial charge in [-0.1, -0.05) is 6.92 Å². The van der Waals surface area contributed by atoms with Crippen molar-refractivity contribution in [3.05, 3.63) is 36.0 Å². The number of aryl methyl sites for hydroxylation is 1. The van der Waals surface area contributed by atoms with Crippen molar-refractivity contribution in [2.45, 2.75) is 26.2 Å². The van der Waals surface area contributed by atoms with E-state index in [2.05, 4.69) is 15.0 Å². The molecule has 2 heterocycles. The topological polar surface area (TPSA) is 78.9 Å². The van der Waals surface area contributed by atoms with Gasteiger partial charge in [0.15, 0.2) is 0 Å². The van der Waals surface area contributed by atoms with Gasteiger partial charge in [0.1, 0.15) is 11.7 Å². The first-order chi connectivity index (χ1) is 8.61. The quantitative estimate of drug-likeness (QED) is 0.866. The minimum absolute atomic E-state index is 0.376. The summed E-state index contributed by atoms with van der Waals surface area (Å²) in [5, 5.41) is 9.15. The van der Waals surface area contributed by atoms with Crippen molar-refractivity contribution in [2.75, 3.05) is 0 Å². The Labute approximate surface area is 105 Å². The highest BCUT2D eigenvalue weighted by Gasteiger charge is 2.21. The van der Waals surface area contributed by atoms with Gasteiger partial charge < -0.3 is 10.1 Å². The molecule has 0 aromatic carbocycles. The highest BCUT2D eigenvalue weighted by Crippen LogP contribution is 2.22. The SMILES string of the molecule is CCC(C(=O)O)c1nc(C)cc(-c2cc[nH]c2)n1. The van der Waals surface area contributed by atoms with Crippen LogP contribution in [0.15, 0.2) is 24.5 Å². The monoisotopic (exact) mass is 245 g/mol. The lowest BCUT2D eigenvalue weighted by Crippen LogP contribution is -2.14. The molecule has 2 rings (SSSR count). The fraction of sp³-hybridized carbons (Fsp3) is 0.308. The number of aromatic nitrogens is 3. The molecule has 2 N–H and O–H groups in total. The Bertz CT molecular complexity index is 549. The number of carbonyl (C=O) groups is 1. The molecule has 2 aromatic heterocycles. The number of nitrogens with one attached hydrogen (secondary N) is 1. The number of aliphatic carboxylic acids is 1. The summed E-state index contributed by atoms with van der Waals surface area (Å²) in [5.41, 5.74) is 2.45. The molecule has 0 spiro atoms. The average molecular weight is 245 g/mol. The first-order valence-electron chi connectivity index (χ1n) is 5.83. The summed E-state index contributed by atoms with van der Waals surface area (Å²) >= 11 is 0. The van der Waals surface area contributed by atoms with E-state index in [9.17, 15) is 4.79 Å². The fourth-order valence-electron chi connectivity index (χ4n) is 1.85. The lowest BCUT2D eigenvalue weighted by atomic mass is 10.1. The van der Waals surface area contributed by atoms with Crippen molar-refractivity contribution in [1.29, 1.82) is 0 Å². The minimum Gasteiger partial charge on any atom is -0.481 e. The van der Waals surface area contributed by atoms with Crippen LogP contribution in [0.4, 0.5) is 0 Å². The number of hydrogen-bond acceptors (Lipinski definition) is 3. The van der Waals surface area contributed by atoms with Crippen molar-refractivity contribution in [3.63, 3.8) is 0 Å². The summed E-state index contributed by atoms with van der Waals surface area (Å²) in [4.78, 5) is 22.7. The van der Waals surface area contributed by atoms with Crippen LogP contribution in [0.25, 0.3) is 11.3 Å².